The van der Waals surface area contributed by atoms with Gasteiger partial charge in [-0.25, -0.2) is 0 Å². The third-order valence-corrected chi connectivity index (χ3v) is 3.38. The van der Waals surface area contributed by atoms with Crippen molar-refractivity contribution in [2.45, 2.75) is 64.6 Å². The molecule has 0 aromatic heterocycles. The summed E-state index contributed by atoms with van der Waals surface area (Å²) in [7, 11) is 0.0728. The van der Waals surface area contributed by atoms with Crippen LogP contribution in [-0.4, -0.2) is 8.80 Å². The zero-order valence-electron chi connectivity index (χ0n) is 10.4. The number of hydrogen-bond acceptors (Lipinski definition) is 0. The van der Waals surface area contributed by atoms with Gasteiger partial charge in [-0.2, -0.15) is 0 Å². The first-order chi connectivity index (χ1) is 5.27. The van der Waals surface area contributed by atoms with E-state index < -0.39 is 0 Å². The van der Waals surface area contributed by atoms with Crippen molar-refractivity contribution >= 4 is 8.80 Å². The molecule has 0 amide bonds. The van der Waals surface area contributed by atoms with Gasteiger partial charge < -0.3 is 7.43 Å². The molecule has 0 unspecified atom stereocenters. The minimum atomic E-state index is 0. The van der Waals surface area contributed by atoms with E-state index in [1.165, 1.54) is 44.6 Å². The van der Waals surface area contributed by atoms with Gasteiger partial charge in [0.1, 0.15) is 0 Å². The summed E-state index contributed by atoms with van der Waals surface area (Å²) in [5, 5.41) is 0. The van der Waals surface area contributed by atoms with E-state index in [0.29, 0.717) is 0 Å². The van der Waals surface area contributed by atoms with Gasteiger partial charge in [-0.1, -0.05) is 64.6 Å². The van der Waals surface area contributed by atoms with E-state index in [0.717, 1.165) is 0 Å². The SMILES string of the molecule is CCCCCCCC[Si](C)C.[CH3-].[Li+]. The van der Waals surface area contributed by atoms with Gasteiger partial charge >= 0.3 is 18.9 Å². The minimum absolute atomic E-state index is 0. The van der Waals surface area contributed by atoms with E-state index in [2.05, 4.69) is 20.0 Å². The first kappa shape index (κ1) is 19.4. The van der Waals surface area contributed by atoms with Crippen LogP contribution in [0.1, 0.15) is 45.4 Å². The molecule has 0 saturated carbocycles. The standard InChI is InChI=1S/C10H23Si.CH3.Li/c1-4-5-6-7-8-9-10-11(2)3;;/h4-10H2,1-3H3;1H3;/q;-1;+1. The maximum Gasteiger partial charge on any atom is 1.00 e. The van der Waals surface area contributed by atoms with Crippen LogP contribution in [0.2, 0.25) is 19.1 Å². The molecule has 0 aliphatic heterocycles. The van der Waals surface area contributed by atoms with Crippen LogP contribution < -0.4 is 18.9 Å². The Kier molecular flexibility index (Phi) is 22.8. The molecule has 0 N–H and O–H groups in total. The van der Waals surface area contributed by atoms with Crippen molar-refractivity contribution in [3.63, 3.8) is 0 Å². The summed E-state index contributed by atoms with van der Waals surface area (Å²) in [4.78, 5) is 0. The topological polar surface area (TPSA) is 0 Å². The molecule has 0 atom stereocenters. The predicted octanol–water partition coefficient (Wildman–Crippen LogP) is 1.56. The Morgan fingerprint density at radius 2 is 1.31 bits per heavy atom. The average Bonchev–Trinajstić information content (AvgIpc) is 1.96. The van der Waals surface area contributed by atoms with E-state index in [1.807, 2.05) is 0 Å². The molecule has 0 aromatic carbocycles. The molecule has 0 rings (SSSR count). The van der Waals surface area contributed by atoms with Crippen LogP contribution in [0.25, 0.3) is 0 Å². The summed E-state index contributed by atoms with van der Waals surface area (Å²) >= 11 is 0. The quantitative estimate of drug-likeness (QED) is 0.327. The van der Waals surface area contributed by atoms with Gasteiger partial charge in [0, 0.05) is 8.80 Å². The van der Waals surface area contributed by atoms with Crippen molar-refractivity contribution in [2.75, 3.05) is 0 Å². The fraction of sp³-hybridized carbons (Fsp3) is 0.909. The third kappa shape index (κ3) is 19.3. The monoisotopic (exact) mass is 193 g/mol. The summed E-state index contributed by atoms with van der Waals surface area (Å²) < 4.78 is 0. The zero-order valence-corrected chi connectivity index (χ0v) is 11.4. The van der Waals surface area contributed by atoms with E-state index in [1.54, 1.807) is 0 Å². The van der Waals surface area contributed by atoms with Crippen LogP contribution in [0, 0.1) is 7.43 Å². The number of unbranched alkanes of at least 4 members (excludes halogenated alkanes) is 5. The molecule has 0 nitrogen and oxygen atoms in total. The Morgan fingerprint density at radius 1 is 0.846 bits per heavy atom. The van der Waals surface area contributed by atoms with E-state index in [-0.39, 0.29) is 35.1 Å². The Hall–Kier alpha value is 0.814. The van der Waals surface area contributed by atoms with Gasteiger partial charge in [0.15, 0.2) is 0 Å². The molecule has 0 fully saturated rings. The molecule has 0 aliphatic rings. The van der Waals surface area contributed by atoms with Gasteiger partial charge in [-0.3, -0.25) is 0 Å². The van der Waals surface area contributed by atoms with Gasteiger partial charge in [0.25, 0.3) is 0 Å². The molecule has 0 saturated heterocycles. The van der Waals surface area contributed by atoms with Crippen LogP contribution in [-0.2, 0) is 0 Å². The van der Waals surface area contributed by atoms with E-state index >= 15 is 0 Å². The van der Waals surface area contributed by atoms with Gasteiger partial charge in [-0.05, 0) is 0 Å². The molecule has 2 heteroatoms. The second kappa shape index (κ2) is 15.3. The molecular weight excluding hydrogens is 167 g/mol. The fourth-order valence-electron chi connectivity index (χ4n) is 1.26. The van der Waals surface area contributed by atoms with Crippen molar-refractivity contribution in [3.8, 4) is 0 Å². The average molecular weight is 193 g/mol. The minimum Gasteiger partial charge on any atom is -0.358 e. The van der Waals surface area contributed by atoms with Crippen LogP contribution in [0.3, 0.4) is 0 Å². The Morgan fingerprint density at radius 3 is 1.77 bits per heavy atom. The van der Waals surface area contributed by atoms with E-state index in [4.69, 9.17) is 0 Å². The van der Waals surface area contributed by atoms with Crippen LogP contribution in [0.5, 0.6) is 0 Å². The number of hydrogen-bond donors (Lipinski definition) is 0. The van der Waals surface area contributed by atoms with E-state index in [9.17, 15) is 0 Å². The Balaban J connectivity index is -0.000000500. The van der Waals surface area contributed by atoms with Crippen molar-refractivity contribution in [1.29, 1.82) is 0 Å². The molecule has 1 radical (unpaired) electrons. The van der Waals surface area contributed by atoms with Crippen molar-refractivity contribution in [3.05, 3.63) is 7.43 Å². The van der Waals surface area contributed by atoms with Gasteiger partial charge in [0.05, 0.1) is 0 Å². The Labute approximate surface area is 99.7 Å². The van der Waals surface area contributed by atoms with Crippen molar-refractivity contribution < 1.29 is 18.9 Å². The van der Waals surface area contributed by atoms with Crippen LogP contribution in [0.15, 0.2) is 0 Å². The first-order valence-corrected chi connectivity index (χ1v) is 7.77. The molecule has 13 heavy (non-hydrogen) atoms. The molecule has 75 valence electrons. The predicted molar refractivity (Wildman–Crippen MR) is 62.1 cm³/mol. The molecule has 0 bridgehead atoms. The second-order valence-electron chi connectivity index (χ2n) is 3.72. The largest absolute Gasteiger partial charge is 1.00 e. The maximum atomic E-state index is 2.41. The summed E-state index contributed by atoms with van der Waals surface area (Å²) in [5.41, 5.74) is 0. The summed E-state index contributed by atoms with van der Waals surface area (Å²) in [6, 6.07) is 1.52. The molecule has 0 heterocycles. The fourth-order valence-corrected chi connectivity index (χ4v) is 2.22. The smallest absolute Gasteiger partial charge is 0.358 e. The van der Waals surface area contributed by atoms with Crippen LogP contribution in [0.4, 0.5) is 0 Å². The molecule has 0 aromatic rings. The summed E-state index contributed by atoms with van der Waals surface area (Å²) in [5.74, 6) is 0. The first-order valence-electron chi connectivity index (χ1n) is 5.06. The zero-order chi connectivity index (χ0) is 8.53. The maximum absolute atomic E-state index is 2.41. The molecule has 0 aliphatic carbocycles. The van der Waals surface area contributed by atoms with Crippen molar-refractivity contribution in [1.82, 2.24) is 0 Å². The molecular formula is C11H26LiSi. The number of rotatable bonds is 7. The van der Waals surface area contributed by atoms with Crippen LogP contribution >= 0.6 is 0 Å². The van der Waals surface area contributed by atoms with Gasteiger partial charge in [0.2, 0.25) is 0 Å². The Bertz CT molecular complexity index is 74.5. The summed E-state index contributed by atoms with van der Waals surface area (Å²) in [6.45, 7) is 7.10. The third-order valence-electron chi connectivity index (χ3n) is 2.03. The molecule has 0 spiro atoms. The second-order valence-corrected chi connectivity index (χ2v) is 6.64. The normalized spacial score (nSPS) is 9.23. The van der Waals surface area contributed by atoms with Crippen molar-refractivity contribution in [2.24, 2.45) is 0 Å². The van der Waals surface area contributed by atoms with Gasteiger partial charge in [-0.15, -0.1) is 0 Å². The summed E-state index contributed by atoms with van der Waals surface area (Å²) in [6.07, 6.45) is 8.72.